The second-order valence-corrected chi connectivity index (χ2v) is 15.1. The first-order valence-corrected chi connectivity index (χ1v) is 19.7. The van der Waals surface area contributed by atoms with Crippen molar-refractivity contribution in [2.24, 2.45) is 0 Å². The Kier molecular flexibility index (Phi) is 6.88. The fraction of sp³-hybridized carbons (Fsp3) is 0.0182. The lowest BCUT2D eigenvalue weighted by Gasteiger charge is -2.32. The van der Waals surface area contributed by atoms with Crippen LogP contribution in [0.25, 0.3) is 66.4 Å². The highest BCUT2D eigenvalue weighted by atomic mass is 16.3. The standard InChI is InChI=1S/C55H35NO/c1-3-16-36(17-4-1)37-30-32-39(33-31-37)56(50-35-34-40(38-18-5-2-6-19-38)54-53(50)44-23-10-14-29-51(44)57-54)49-28-15-27-48-52(49)43-22-9-13-26-47(43)55(48)45-24-11-7-20-41(45)42-21-8-12-25-46(42)55/h1-35H. The lowest BCUT2D eigenvalue weighted by Crippen LogP contribution is -2.26. The monoisotopic (exact) mass is 725 g/mol. The van der Waals surface area contributed by atoms with Crippen molar-refractivity contribution < 1.29 is 4.42 Å². The molecule has 266 valence electrons. The van der Waals surface area contributed by atoms with Crippen LogP contribution in [-0.2, 0) is 5.41 Å². The number of anilines is 3. The summed E-state index contributed by atoms with van der Waals surface area (Å²) in [5, 5.41) is 2.18. The van der Waals surface area contributed by atoms with Crippen molar-refractivity contribution in [2.45, 2.75) is 5.41 Å². The summed E-state index contributed by atoms with van der Waals surface area (Å²) < 4.78 is 6.85. The average Bonchev–Trinajstić information content (AvgIpc) is 3.93. The molecule has 0 amide bonds. The highest BCUT2D eigenvalue weighted by Crippen LogP contribution is 2.65. The minimum absolute atomic E-state index is 0.452. The molecule has 0 radical (unpaired) electrons. The van der Waals surface area contributed by atoms with E-state index in [0.717, 1.165) is 50.1 Å². The number of fused-ring (bicyclic) bond motifs is 13. The van der Waals surface area contributed by atoms with Crippen LogP contribution in [0.3, 0.4) is 0 Å². The second-order valence-electron chi connectivity index (χ2n) is 15.1. The van der Waals surface area contributed by atoms with Crippen LogP contribution in [0.5, 0.6) is 0 Å². The Balaban J connectivity index is 1.18. The van der Waals surface area contributed by atoms with Crippen LogP contribution < -0.4 is 4.90 Å². The number of furan rings is 1. The van der Waals surface area contributed by atoms with Crippen LogP contribution in [0.1, 0.15) is 22.3 Å². The number of para-hydroxylation sites is 1. The number of hydrogen-bond acceptors (Lipinski definition) is 2. The molecule has 0 saturated heterocycles. The molecule has 2 heteroatoms. The molecule has 57 heavy (non-hydrogen) atoms. The van der Waals surface area contributed by atoms with Crippen LogP contribution in [0.2, 0.25) is 0 Å². The van der Waals surface area contributed by atoms with E-state index in [4.69, 9.17) is 4.42 Å². The fourth-order valence-electron chi connectivity index (χ4n) is 9.99. The molecule has 2 aliphatic carbocycles. The molecular weight excluding hydrogens is 691 g/mol. The third-order valence-electron chi connectivity index (χ3n) is 12.3. The molecule has 0 fully saturated rings. The van der Waals surface area contributed by atoms with E-state index < -0.39 is 5.41 Å². The first-order chi connectivity index (χ1) is 28.3. The molecule has 2 aliphatic rings. The van der Waals surface area contributed by atoms with E-state index in [1.807, 2.05) is 0 Å². The molecule has 0 atom stereocenters. The van der Waals surface area contributed by atoms with E-state index in [1.54, 1.807) is 0 Å². The highest BCUT2D eigenvalue weighted by Gasteiger charge is 2.52. The molecule has 0 saturated carbocycles. The van der Waals surface area contributed by atoms with Gasteiger partial charge in [0, 0.05) is 22.2 Å². The summed E-state index contributed by atoms with van der Waals surface area (Å²) >= 11 is 0. The van der Waals surface area contributed by atoms with Crippen molar-refractivity contribution in [2.75, 3.05) is 4.90 Å². The van der Waals surface area contributed by atoms with Gasteiger partial charge in [0.2, 0.25) is 0 Å². The molecule has 1 spiro atoms. The fourth-order valence-corrected chi connectivity index (χ4v) is 9.99. The molecule has 0 bridgehead atoms. The van der Waals surface area contributed by atoms with Gasteiger partial charge in [0.25, 0.3) is 0 Å². The SMILES string of the molecule is c1ccc(-c2ccc(N(c3cccc4c3-c3ccccc3C43c4ccccc4-c4ccccc43)c3ccc(-c4ccccc4)c4oc5ccccc5c34)cc2)cc1. The van der Waals surface area contributed by atoms with Crippen molar-refractivity contribution in [1.82, 2.24) is 0 Å². The molecule has 9 aromatic carbocycles. The highest BCUT2D eigenvalue weighted by molar-refractivity contribution is 6.18. The summed E-state index contributed by atoms with van der Waals surface area (Å²) in [4.78, 5) is 2.48. The van der Waals surface area contributed by atoms with Crippen molar-refractivity contribution in [3.63, 3.8) is 0 Å². The first kappa shape index (κ1) is 31.9. The van der Waals surface area contributed by atoms with Gasteiger partial charge in [-0.05, 0) is 92.0 Å². The molecule has 1 aromatic heterocycles. The molecule has 1 heterocycles. The van der Waals surface area contributed by atoms with Gasteiger partial charge in [-0.1, -0.05) is 176 Å². The Morgan fingerprint density at radius 3 is 1.60 bits per heavy atom. The van der Waals surface area contributed by atoms with Crippen LogP contribution in [0.4, 0.5) is 17.1 Å². The largest absolute Gasteiger partial charge is 0.455 e. The maximum atomic E-state index is 6.85. The molecule has 0 N–H and O–H groups in total. The molecule has 0 aliphatic heterocycles. The van der Waals surface area contributed by atoms with Gasteiger partial charge >= 0.3 is 0 Å². The predicted molar refractivity (Wildman–Crippen MR) is 236 cm³/mol. The Morgan fingerprint density at radius 2 is 0.895 bits per heavy atom. The Bertz CT molecular complexity index is 3130. The summed E-state index contributed by atoms with van der Waals surface area (Å²) in [5.74, 6) is 0. The summed E-state index contributed by atoms with van der Waals surface area (Å²) in [6.07, 6.45) is 0. The minimum Gasteiger partial charge on any atom is -0.455 e. The molecule has 0 unspecified atom stereocenters. The van der Waals surface area contributed by atoms with E-state index in [-0.39, 0.29) is 0 Å². The summed E-state index contributed by atoms with van der Waals surface area (Å²) in [6, 6.07) is 77.3. The van der Waals surface area contributed by atoms with E-state index in [0.29, 0.717) is 0 Å². The van der Waals surface area contributed by atoms with Crippen LogP contribution in [0.15, 0.2) is 217 Å². The average molecular weight is 726 g/mol. The van der Waals surface area contributed by atoms with Crippen molar-refractivity contribution in [3.8, 4) is 44.5 Å². The normalized spacial score (nSPS) is 13.1. The third kappa shape index (κ3) is 4.47. The topological polar surface area (TPSA) is 16.4 Å². The van der Waals surface area contributed by atoms with E-state index in [2.05, 4.69) is 217 Å². The molecule has 10 aromatic rings. The van der Waals surface area contributed by atoms with Crippen LogP contribution in [0, 0.1) is 0 Å². The van der Waals surface area contributed by atoms with Crippen LogP contribution in [-0.4, -0.2) is 0 Å². The first-order valence-electron chi connectivity index (χ1n) is 19.7. The predicted octanol–water partition coefficient (Wildman–Crippen LogP) is 14.7. The Hall–Kier alpha value is -7.42. The van der Waals surface area contributed by atoms with Gasteiger partial charge in [-0.25, -0.2) is 0 Å². The maximum absolute atomic E-state index is 6.85. The zero-order valence-electron chi connectivity index (χ0n) is 31.1. The number of hydrogen-bond donors (Lipinski definition) is 0. The number of rotatable bonds is 5. The van der Waals surface area contributed by atoms with Gasteiger partial charge < -0.3 is 9.32 Å². The van der Waals surface area contributed by atoms with E-state index in [9.17, 15) is 0 Å². The van der Waals surface area contributed by atoms with E-state index >= 15 is 0 Å². The third-order valence-corrected chi connectivity index (χ3v) is 12.3. The lowest BCUT2D eigenvalue weighted by atomic mass is 9.70. The second kappa shape index (κ2) is 12.3. The van der Waals surface area contributed by atoms with Crippen molar-refractivity contribution in [3.05, 3.63) is 235 Å². The van der Waals surface area contributed by atoms with Gasteiger partial charge in [-0.2, -0.15) is 0 Å². The van der Waals surface area contributed by atoms with Crippen molar-refractivity contribution >= 4 is 39.0 Å². The molecule has 12 rings (SSSR count). The zero-order chi connectivity index (χ0) is 37.5. The van der Waals surface area contributed by atoms with Crippen LogP contribution >= 0.6 is 0 Å². The Morgan fingerprint density at radius 1 is 0.351 bits per heavy atom. The van der Waals surface area contributed by atoms with Gasteiger partial charge in [0.15, 0.2) is 0 Å². The summed E-state index contributed by atoms with van der Waals surface area (Å²) in [5.41, 5.74) is 19.6. The quantitative estimate of drug-likeness (QED) is 0.176. The maximum Gasteiger partial charge on any atom is 0.145 e. The van der Waals surface area contributed by atoms with E-state index in [1.165, 1.54) is 55.6 Å². The molecule has 2 nitrogen and oxygen atoms in total. The zero-order valence-corrected chi connectivity index (χ0v) is 31.1. The van der Waals surface area contributed by atoms with Gasteiger partial charge in [-0.3, -0.25) is 0 Å². The molecular formula is C55H35NO. The smallest absolute Gasteiger partial charge is 0.145 e. The van der Waals surface area contributed by atoms with Gasteiger partial charge in [0.1, 0.15) is 11.2 Å². The Labute approximate surface area is 331 Å². The summed E-state index contributed by atoms with van der Waals surface area (Å²) in [6.45, 7) is 0. The lowest BCUT2D eigenvalue weighted by molar-refractivity contribution is 0.670. The summed E-state index contributed by atoms with van der Waals surface area (Å²) in [7, 11) is 0. The van der Waals surface area contributed by atoms with Gasteiger partial charge in [-0.15, -0.1) is 0 Å². The number of nitrogens with zero attached hydrogens (tertiary/aromatic N) is 1. The van der Waals surface area contributed by atoms with Crippen molar-refractivity contribution in [1.29, 1.82) is 0 Å². The number of benzene rings is 9. The van der Waals surface area contributed by atoms with Gasteiger partial charge in [0.05, 0.1) is 22.2 Å². The minimum atomic E-state index is -0.452.